The van der Waals surface area contributed by atoms with Crippen LogP contribution in [0.1, 0.15) is 12.8 Å². The number of rotatable bonds is 2. The third kappa shape index (κ3) is 1.93. The number of halogens is 1. The van der Waals surface area contributed by atoms with Crippen molar-refractivity contribution in [1.29, 1.82) is 0 Å². The SMILES string of the molecule is CNC1CCCN(c2ccccc2F)C1=O. The molecule has 0 radical (unpaired) electrons. The van der Waals surface area contributed by atoms with Gasteiger partial charge in [0.15, 0.2) is 0 Å². The smallest absolute Gasteiger partial charge is 0.244 e. The number of piperidine rings is 1. The number of hydrogen-bond donors (Lipinski definition) is 1. The van der Waals surface area contributed by atoms with E-state index in [2.05, 4.69) is 5.32 Å². The number of anilines is 1. The summed E-state index contributed by atoms with van der Waals surface area (Å²) < 4.78 is 13.6. The van der Waals surface area contributed by atoms with Crippen molar-refractivity contribution in [2.75, 3.05) is 18.5 Å². The number of nitrogens with zero attached hydrogens (tertiary/aromatic N) is 1. The lowest BCUT2D eigenvalue weighted by Gasteiger charge is -2.32. The molecule has 0 bridgehead atoms. The Hall–Kier alpha value is -1.42. The summed E-state index contributed by atoms with van der Waals surface area (Å²) in [4.78, 5) is 13.5. The molecule has 1 aliphatic heterocycles. The molecule has 2 rings (SSSR count). The van der Waals surface area contributed by atoms with Crippen LogP contribution in [0.5, 0.6) is 0 Å². The topological polar surface area (TPSA) is 32.3 Å². The third-order valence-corrected chi connectivity index (χ3v) is 2.93. The monoisotopic (exact) mass is 222 g/mol. The summed E-state index contributed by atoms with van der Waals surface area (Å²) in [6.45, 7) is 0.595. The molecule has 3 nitrogen and oxygen atoms in total. The quantitative estimate of drug-likeness (QED) is 0.823. The van der Waals surface area contributed by atoms with Crippen molar-refractivity contribution in [2.24, 2.45) is 0 Å². The van der Waals surface area contributed by atoms with E-state index in [-0.39, 0.29) is 17.8 Å². The molecule has 0 aliphatic carbocycles. The zero-order chi connectivity index (χ0) is 11.5. The standard InChI is InChI=1S/C12H15FN2O/c1-14-10-6-4-8-15(12(10)16)11-7-3-2-5-9(11)13/h2-3,5,7,10,14H,4,6,8H2,1H3. The Morgan fingerprint density at radius 3 is 2.88 bits per heavy atom. The first kappa shape index (κ1) is 11.1. The van der Waals surface area contributed by atoms with Gasteiger partial charge in [-0.1, -0.05) is 12.1 Å². The molecular weight excluding hydrogens is 207 g/mol. The number of amides is 1. The van der Waals surface area contributed by atoms with Gasteiger partial charge in [-0.25, -0.2) is 4.39 Å². The van der Waals surface area contributed by atoms with E-state index in [0.29, 0.717) is 12.2 Å². The van der Waals surface area contributed by atoms with Gasteiger partial charge in [0.2, 0.25) is 5.91 Å². The minimum atomic E-state index is -0.340. The van der Waals surface area contributed by atoms with Gasteiger partial charge >= 0.3 is 0 Å². The number of para-hydroxylation sites is 1. The van der Waals surface area contributed by atoms with Gasteiger partial charge in [0.05, 0.1) is 11.7 Å². The average molecular weight is 222 g/mol. The number of carbonyl (C=O) groups excluding carboxylic acids is 1. The van der Waals surface area contributed by atoms with Gasteiger partial charge in [-0.2, -0.15) is 0 Å². The summed E-state index contributed by atoms with van der Waals surface area (Å²) in [6.07, 6.45) is 1.71. The van der Waals surface area contributed by atoms with Gasteiger partial charge in [0.1, 0.15) is 5.82 Å². The minimum Gasteiger partial charge on any atom is -0.309 e. The fourth-order valence-corrected chi connectivity index (χ4v) is 2.05. The highest BCUT2D eigenvalue weighted by atomic mass is 19.1. The molecule has 1 unspecified atom stereocenters. The van der Waals surface area contributed by atoms with E-state index in [9.17, 15) is 9.18 Å². The summed E-state index contributed by atoms with van der Waals surface area (Å²) in [5.74, 6) is -0.383. The molecule has 1 saturated heterocycles. The molecule has 1 heterocycles. The van der Waals surface area contributed by atoms with E-state index in [0.717, 1.165) is 12.8 Å². The van der Waals surface area contributed by atoms with Crippen LogP contribution in [0.25, 0.3) is 0 Å². The predicted octanol–water partition coefficient (Wildman–Crippen LogP) is 1.54. The Morgan fingerprint density at radius 1 is 1.44 bits per heavy atom. The van der Waals surface area contributed by atoms with E-state index < -0.39 is 0 Å². The Balaban J connectivity index is 2.27. The first-order valence-electron chi connectivity index (χ1n) is 5.47. The molecule has 1 atom stereocenters. The van der Waals surface area contributed by atoms with Crippen LogP contribution in [0.3, 0.4) is 0 Å². The molecule has 1 aromatic carbocycles. The fourth-order valence-electron chi connectivity index (χ4n) is 2.05. The summed E-state index contributed by atoms with van der Waals surface area (Å²) >= 11 is 0. The summed E-state index contributed by atoms with van der Waals surface area (Å²) in [5, 5.41) is 2.96. The average Bonchev–Trinajstić information content (AvgIpc) is 2.31. The van der Waals surface area contributed by atoms with Crippen molar-refractivity contribution in [3.8, 4) is 0 Å². The van der Waals surface area contributed by atoms with Crippen LogP contribution in [0.2, 0.25) is 0 Å². The number of hydrogen-bond acceptors (Lipinski definition) is 2. The number of carbonyl (C=O) groups is 1. The van der Waals surface area contributed by atoms with Crippen molar-refractivity contribution in [2.45, 2.75) is 18.9 Å². The first-order chi connectivity index (χ1) is 7.74. The van der Waals surface area contributed by atoms with Gasteiger partial charge in [0.25, 0.3) is 0 Å². The largest absolute Gasteiger partial charge is 0.309 e. The molecule has 0 spiro atoms. The highest BCUT2D eigenvalue weighted by Crippen LogP contribution is 2.23. The summed E-state index contributed by atoms with van der Waals surface area (Å²) in [6, 6.07) is 6.21. The zero-order valence-electron chi connectivity index (χ0n) is 9.24. The normalized spacial score (nSPS) is 21.2. The fraction of sp³-hybridized carbons (Fsp3) is 0.417. The lowest BCUT2D eigenvalue weighted by molar-refractivity contribution is -0.121. The van der Waals surface area contributed by atoms with E-state index in [1.54, 1.807) is 25.2 Å². The van der Waals surface area contributed by atoms with Crippen LogP contribution >= 0.6 is 0 Å². The van der Waals surface area contributed by atoms with Crippen LogP contribution < -0.4 is 10.2 Å². The van der Waals surface area contributed by atoms with Gasteiger partial charge in [-0.05, 0) is 32.0 Å². The highest BCUT2D eigenvalue weighted by Gasteiger charge is 2.29. The van der Waals surface area contributed by atoms with Crippen molar-refractivity contribution in [1.82, 2.24) is 5.32 Å². The molecule has 1 aromatic rings. The Labute approximate surface area is 94.3 Å². The maximum absolute atomic E-state index is 13.6. The highest BCUT2D eigenvalue weighted by molar-refractivity contribution is 5.97. The van der Waals surface area contributed by atoms with E-state index in [4.69, 9.17) is 0 Å². The molecule has 16 heavy (non-hydrogen) atoms. The Bertz CT molecular complexity index is 394. The number of benzene rings is 1. The van der Waals surface area contributed by atoms with Gasteiger partial charge in [-0.15, -0.1) is 0 Å². The molecule has 1 amide bonds. The maximum atomic E-state index is 13.6. The second-order valence-electron chi connectivity index (χ2n) is 3.92. The van der Waals surface area contributed by atoms with Crippen molar-refractivity contribution >= 4 is 11.6 Å². The van der Waals surface area contributed by atoms with Crippen molar-refractivity contribution in [3.05, 3.63) is 30.1 Å². The third-order valence-electron chi connectivity index (χ3n) is 2.93. The molecule has 1 fully saturated rings. The Kier molecular flexibility index (Phi) is 3.19. The molecule has 0 saturated carbocycles. The number of nitrogens with one attached hydrogen (secondary N) is 1. The number of likely N-dealkylation sites (N-methyl/N-ethyl adjacent to an activating group) is 1. The second-order valence-corrected chi connectivity index (χ2v) is 3.92. The maximum Gasteiger partial charge on any atom is 0.244 e. The lowest BCUT2D eigenvalue weighted by Crippen LogP contribution is -2.50. The second kappa shape index (κ2) is 4.61. The zero-order valence-corrected chi connectivity index (χ0v) is 9.24. The predicted molar refractivity (Wildman–Crippen MR) is 60.8 cm³/mol. The molecular formula is C12H15FN2O. The van der Waals surface area contributed by atoms with Crippen LogP contribution in [-0.4, -0.2) is 25.5 Å². The lowest BCUT2D eigenvalue weighted by atomic mass is 10.0. The van der Waals surface area contributed by atoms with Crippen LogP contribution in [-0.2, 0) is 4.79 Å². The molecule has 4 heteroatoms. The van der Waals surface area contributed by atoms with E-state index in [1.165, 1.54) is 11.0 Å². The molecule has 0 aromatic heterocycles. The molecule has 1 aliphatic rings. The van der Waals surface area contributed by atoms with Crippen LogP contribution in [0.15, 0.2) is 24.3 Å². The van der Waals surface area contributed by atoms with Crippen molar-refractivity contribution in [3.63, 3.8) is 0 Å². The van der Waals surface area contributed by atoms with Gasteiger partial charge < -0.3 is 10.2 Å². The summed E-state index contributed by atoms with van der Waals surface area (Å²) in [7, 11) is 1.76. The molecule has 1 N–H and O–H groups in total. The Morgan fingerprint density at radius 2 is 2.19 bits per heavy atom. The summed E-state index contributed by atoms with van der Waals surface area (Å²) in [5.41, 5.74) is 0.382. The van der Waals surface area contributed by atoms with Gasteiger partial charge in [-0.3, -0.25) is 4.79 Å². The van der Waals surface area contributed by atoms with Crippen LogP contribution in [0, 0.1) is 5.82 Å². The first-order valence-corrected chi connectivity index (χ1v) is 5.47. The van der Waals surface area contributed by atoms with Crippen molar-refractivity contribution < 1.29 is 9.18 Å². The van der Waals surface area contributed by atoms with Crippen LogP contribution in [0.4, 0.5) is 10.1 Å². The van der Waals surface area contributed by atoms with Gasteiger partial charge in [0, 0.05) is 6.54 Å². The minimum absolute atomic E-state index is 0.0427. The molecule has 86 valence electrons. The van der Waals surface area contributed by atoms with E-state index in [1.807, 2.05) is 0 Å². The van der Waals surface area contributed by atoms with E-state index >= 15 is 0 Å².